The second-order valence-electron chi connectivity index (χ2n) is 0. The summed E-state index contributed by atoms with van der Waals surface area (Å²) in [5.41, 5.74) is 0. The van der Waals surface area contributed by atoms with E-state index in [0.717, 1.165) is 0 Å². The van der Waals surface area contributed by atoms with E-state index in [1.54, 1.807) is 0 Å². The molecule has 0 unspecified atom stereocenters. The van der Waals surface area contributed by atoms with Gasteiger partial charge >= 0.3 is 46.1 Å². The summed E-state index contributed by atoms with van der Waals surface area (Å²) in [5, 5.41) is 0. The molecule has 0 amide bonds. The molecule has 0 aliphatic carbocycles. The van der Waals surface area contributed by atoms with Crippen LogP contribution in [0.25, 0.3) is 0 Å². The normalized spacial score (nSPS) is 0. The molecule has 0 radical (unpaired) electrons. The van der Waals surface area contributed by atoms with Crippen molar-refractivity contribution in [2.24, 2.45) is 0 Å². The van der Waals surface area contributed by atoms with Crippen LogP contribution in [0, 0.1) is 0 Å². The van der Waals surface area contributed by atoms with Gasteiger partial charge in [0.2, 0.25) is 0 Å². The molecular weight excluding hydrogens is 255 g/mol. The van der Waals surface area contributed by atoms with E-state index in [1.165, 1.54) is 0 Å². The summed E-state index contributed by atoms with van der Waals surface area (Å²) in [7, 11) is 0. The van der Waals surface area contributed by atoms with Crippen LogP contribution in [0.4, 0.5) is 0 Å². The second kappa shape index (κ2) is 17.2. The monoisotopic (exact) mass is 260 g/mol. The van der Waals surface area contributed by atoms with Gasteiger partial charge in [0.05, 0.1) is 0 Å². The van der Waals surface area contributed by atoms with E-state index in [1.807, 2.05) is 0 Å². The van der Waals surface area contributed by atoms with Crippen molar-refractivity contribution in [2.45, 2.75) is 0 Å². The molecule has 0 heterocycles. The van der Waals surface area contributed by atoms with Gasteiger partial charge in [0.15, 0.2) is 0 Å². The van der Waals surface area contributed by atoms with Crippen LogP contribution >= 0.6 is 41.0 Å². The van der Waals surface area contributed by atoms with Crippen LogP contribution in [0.15, 0.2) is 0 Å². The molecule has 0 N–H and O–H groups in total. The Morgan fingerprint density at radius 2 is 1.00 bits per heavy atom. The Labute approximate surface area is 91.5 Å². The fraction of sp³-hybridized carbons (Fsp3) is 0. The van der Waals surface area contributed by atoms with E-state index in [-0.39, 0.29) is 92.8 Å². The molecule has 0 aliphatic rings. The summed E-state index contributed by atoms with van der Waals surface area (Å²) in [6, 6.07) is 0. The Balaban J connectivity index is 0. The zero-order chi connectivity index (χ0) is 0. The van der Waals surface area contributed by atoms with Crippen molar-refractivity contribution in [3.8, 4) is 0 Å². The summed E-state index contributed by atoms with van der Waals surface area (Å²) in [6.07, 6.45) is 0. The predicted octanol–water partition coefficient (Wildman–Crippen LogP) is 0.884. The summed E-state index contributed by atoms with van der Waals surface area (Å²) >= 11 is 0. The molecule has 0 fully saturated rings. The minimum Gasteiger partial charge on any atom is -1.00 e. The number of halogens is 2. The second-order valence-corrected chi connectivity index (χ2v) is 0. The van der Waals surface area contributed by atoms with Crippen molar-refractivity contribution < 1.29 is 5.71 Å². The van der Waals surface area contributed by atoms with E-state index in [9.17, 15) is 0 Å². The predicted molar refractivity (Wildman–Crippen MR) is 41.7 cm³/mol. The molecule has 0 aromatic heterocycles. The third kappa shape index (κ3) is 8.83. The van der Waals surface area contributed by atoms with Crippen molar-refractivity contribution in [3.63, 3.8) is 0 Å². The van der Waals surface area contributed by atoms with Gasteiger partial charge in [0.1, 0.15) is 0 Å². The molecule has 24 valence electrons. The first-order valence-electron chi connectivity index (χ1n) is 0. The van der Waals surface area contributed by atoms with Gasteiger partial charge in [-0.25, -0.2) is 0 Å². The molecule has 0 spiro atoms. The van der Waals surface area contributed by atoms with E-state index in [0.29, 0.717) is 0 Å². The fourth-order valence-electron chi connectivity index (χ4n) is 0. The van der Waals surface area contributed by atoms with Gasteiger partial charge in [-0.3, -0.25) is 0 Å². The molecule has 0 bridgehead atoms. The molecule has 0 atom stereocenters. The molecular formula is H6BrIMg2. The molecule has 4 heteroatoms. The van der Waals surface area contributed by atoms with E-state index < -0.39 is 0 Å². The Morgan fingerprint density at radius 3 is 1.00 bits per heavy atom. The molecule has 0 aromatic carbocycles. The van der Waals surface area contributed by atoms with Crippen LogP contribution < -0.4 is 0 Å². The molecule has 0 saturated carbocycles. The van der Waals surface area contributed by atoms with Crippen LogP contribution in [-0.4, -0.2) is 46.1 Å². The first kappa shape index (κ1) is 29.6. The first-order chi connectivity index (χ1) is 0. The Bertz CT molecular complexity index is 14.0. The zero-order valence-electron chi connectivity index (χ0n) is 6.23. The van der Waals surface area contributed by atoms with Crippen LogP contribution in [-0.2, 0) is 0 Å². The van der Waals surface area contributed by atoms with E-state index in [4.69, 9.17) is 0 Å². The van der Waals surface area contributed by atoms with Crippen LogP contribution in [0.1, 0.15) is 5.71 Å². The first-order valence-corrected chi connectivity index (χ1v) is 0. The molecule has 0 aliphatic heterocycles. The minimum absolute atomic E-state index is 0. The van der Waals surface area contributed by atoms with E-state index >= 15 is 0 Å². The summed E-state index contributed by atoms with van der Waals surface area (Å²) < 4.78 is 0. The average molecular weight is 261 g/mol. The van der Waals surface area contributed by atoms with Gasteiger partial charge in [-0.1, -0.05) is 0 Å². The summed E-state index contributed by atoms with van der Waals surface area (Å²) in [5.74, 6) is 0. The summed E-state index contributed by atoms with van der Waals surface area (Å²) in [4.78, 5) is 0. The van der Waals surface area contributed by atoms with Crippen molar-refractivity contribution in [1.82, 2.24) is 0 Å². The standard InChI is InChI=1S/BrH.HI.2Mg.4H/h2*1H;;;;;;/q;;2*+2;4*-1. The van der Waals surface area contributed by atoms with Crippen molar-refractivity contribution in [1.29, 1.82) is 0 Å². The maximum absolute atomic E-state index is 0. The Morgan fingerprint density at radius 1 is 1.00 bits per heavy atom. The molecule has 0 saturated heterocycles. The van der Waals surface area contributed by atoms with Crippen molar-refractivity contribution in [2.75, 3.05) is 0 Å². The van der Waals surface area contributed by atoms with Gasteiger partial charge in [0, 0.05) is 0 Å². The number of rotatable bonds is 0. The Kier molecular flexibility index (Phi) is 127. The Hall–Kier alpha value is 2.74. The van der Waals surface area contributed by atoms with Gasteiger partial charge in [-0.2, -0.15) is 0 Å². The molecule has 4 heavy (non-hydrogen) atoms. The third-order valence-electron chi connectivity index (χ3n) is 0. The average Bonchev–Trinajstić information content (AvgIpc) is 0. The van der Waals surface area contributed by atoms with Gasteiger partial charge < -0.3 is 5.71 Å². The van der Waals surface area contributed by atoms with Crippen molar-refractivity contribution >= 4 is 87.1 Å². The molecule has 0 aromatic rings. The van der Waals surface area contributed by atoms with Crippen LogP contribution in [0.3, 0.4) is 0 Å². The smallest absolute Gasteiger partial charge is 1.00 e. The van der Waals surface area contributed by atoms with Crippen molar-refractivity contribution in [3.05, 3.63) is 0 Å². The fourth-order valence-corrected chi connectivity index (χ4v) is 0. The minimum atomic E-state index is 0. The maximum Gasteiger partial charge on any atom is 2.00 e. The quantitative estimate of drug-likeness (QED) is 0.449. The summed E-state index contributed by atoms with van der Waals surface area (Å²) in [6.45, 7) is 0. The third-order valence-corrected chi connectivity index (χ3v) is 0. The van der Waals surface area contributed by atoms with E-state index in [2.05, 4.69) is 0 Å². The number of hydrogen-bond donors (Lipinski definition) is 0. The van der Waals surface area contributed by atoms with Crippen LogP contribution in [0.5, 0.6) is 0 Å². The maximum atomic E-state index is 0. The largest absolute Gasteiger partial charge is 2.00 e. The molecule has 0 rings (SSSR count). The number of hydrogen-bond acceptors (Lipinski definition) is 0. The zero-order valence-corrected chi connectivity index (χ0v) is 9.10. The van der Waals surface area contributed by atoms with Crippen LogP contribution in [0.2, 0.25) is 0 Å². The van der Waals surface area contributed by atoms with Gasteiger partial charge in [-0.05, 0) is 0 Å². The van der Waals surface area contributed by atoms with Gasteiger partial charge in [0.25, 0.3) is 0 Å². The topological polar surface area (TPSA) is 0 Å². The van der Waals surface area contributed by atoms with Gasteiger partial charge in [-0.15, -0.1) is 41.0 Å². The molecule has 0 nitrogen and oxygen atoms in total. The SMILES string of the molecule is Br.I.[H-].[H-].[H-].[H-].[Mg+2].[Mg+2].